The van der Waals surface area contributed by atoms with E-state index in [1.54, 1.807) is 19.2 Å². The molecule has 0 saturated heterocycles. The lowest BCUT2D eigenvalue weighted by Gasteiger charge is -2.17. The summed E-state index contributed by atoms with van der Waals surface area (Å²) in [5.41, 5.74) is 3.57. The van der Waals surface area contributed by atoms with E-state index in [1.807, 2.05) is 18.2 Å². The van der Waals surface area contributed by atoms with Crippen LogP contribution < -0.4 is 10.2 Å². The molecular formula is C16H15FN2O. The first-order valence-electron chi connectivity index (χ1n) is 6.55. The molecule has 0 aromatic heterocycles. The quantitative estimate of drug-likeness (QED) is 0.909. The van der Waals surface area contributed by atoms with E-state index in [1.165, 1.54) is 22.6 Å². The van der Waals surface area contributed by atoms with E-state index in [2.05, 4.69) is 5.32 Å². The maximum absolute atomic E-state index is 12.9. The molecule has 0 aliphatic carbocycles. The van der Waals surface area contributed by atoms with Crippen LogP contribution in [0.4, 0.5) is 15.8 Å². The van der Waals surface area contributed by atoms with Crippen molar-refractivity contribution in [1.29, 1.82) is 0 Å². The van der Waals surface area contributed by atoms with Crippen molar-refractivity contribution in [3.8, 4) is 0 Å². The molecule has 3 rings (SSSR count). The highest BCUT2D eigenvalue weighted by molar-refractivity contribution is 6.06. The number of hydrogen-bond acceptors (Lipinski definition) is 2. The summed E-state index contributed by atoms with van der Waals surface area (Å²) in [7, 11) is 1.69. The molecule has 4 heteroatoms. The van der Waals surface area contributed by atoms with Crippen LogP contribution in [-0.4, -0.2) is 19.5 Å². The Balaban J connectivity index is 1.86. The number of nitrogens with zero attached hydrogens (tertiary/aromatic N) is 1. The molecule has 2 aromatic rings. The van der Waals surface area contributed by atoms with Crippen LogP contribution in [0.2, 0.25) is 0 Å². The summed E-state index contributed by atoms with van der Waals surface area (Å²) in [6, 6.07) is 11.6. The third-order valence-corrected chi connectivity index (χ3v) is 3.59. The van der Waals surface area contributed by atoms with Crippen LogP contribution in [0.5, 0.6) is 0 Å². The van der Waals surface area contributed by atoms with Gasteiger partial charge in [0, 0.05) is 30.5 Å². The zero-order valence-corrected chi connectivity index (χ0v) is 11.2. The minimum absolute atomic E-state index is 0.104. The van der Waals surface area contributed by atoms with Gasteiger partial charge in [0.25, 0.3) is 5.91 Å². The fourth-order valence-corrected chi connectivity index (χ4v) is 2.40. The third kappa shape index (κ3) is 2.25. The molecule has 0 radical (unpaired) electrons. The Morgan fingerprint density at radius 2 is 1.95 bits per heavy atom. The zero-order chi connectivity index (χ0) is 14.1. The molecule has 1 heterocycles. The average molecular weight is 270 g/mol. The van der Waals surface area contributed by atoms with Gasteiger partial charge in [-0.25, -0.2) is 4.39 Å². The first kappa shape index (κ1) is 12.7. The fourth-order valence-electron chi connectivity index (χ4n) is 2.40. The van der Waals surface area contributed by atoms with Gasteiger partial charge in [0.1, 0.15) is 5.82 Å². The van der Waals surface area contributed by atoms with Crippen LogP contribution in [0, 0.1) is 5.82 Å². The largest absolute Gasteiger partial charge is 0.384 e. The number of nitrogens with one attached hydrogen (secondary N) is 1. The van der Waals surface area contributed by atoms with Gasteiger partial charge in [-0.3, -0.25) is 4.79 Å². The number of halogens is 1. The van der Waals surface area contributed by atoms with Gasteiger partial charge in [0.2, 0.25) is 0 Å². The lowest BCUT2D eigenvalue weighted by Crippen LogP contribution is -2.26. The molecule has 0 fully saturated rings. The second-order valence-corrected chi connectivity index (χ2v) is 4.89. The van der Waals surface area contributed by atoms with E-state index >= 15 is 0 Å². The summed E-state index contributed by atoms with van der Waals surface area (Å²) in [6.45, 7) is 0.917. The van der Waals surface area contributed by atoms with Crippen molar-refractivity contribution in [1.82, 2.24) is 0 Å². The number of benzene rings is 2. The van der Waals surface area contributed by atoms with Crippen LogP contribution in [0.25, 0.3) is 0 Å². The predicted molar refractivity (Wildman–Crippen MR) is 77.8 cm³/mol. The molecule has 0 atom stereocenters. The maximum Gasteiger partial charge on any atom is 0.258 e. The van der Waals surface area contributed by atoms with E-state index in [0.29, 0.717) is 11.3 Å². The monoisotopic (exact) mass is 270 g/mol. The van der Waals surface area contributed by atoms with E-state index in [4.69, 9.17) is 0 Å². The van der Waals surface area contributed by atoms with Gasteiger partial charge in [-0.05, 0) is 48.4 Å². The second kappa shape index (κ2) is 4.96. The molecular weight excluding hydrogens is 255 g/mol. The van der Waals surface area contributed by atoms with Crippen LogP contribution in [0.3, 0.4) is 0 Å². The molecule has 1 aliphatic heterocycles. The van der Waals surface area contributed by atoms with E-state index in [9.17, 15) is 9.18 Å². The molecule has 1 amide bonds. The lowest BCUT2D eigenvalue weighted by atomic mass is 10.1. The normalized spacial score (nSPS) is 12.7. The molecule has 0 spiro atoms. The Labute approximate surface area is 117 Å². The van der Waals surface area contributed by atoms with E-state index in [0.717, 1.165) is 18.7 Å². The Morgan fingerprint density at radius 3 is 2.70 bits per heavy atom. The standard InChI is InChI=1S/C16H15FN2O/c1-19(14-6-4-13(17)5-7-14)16(20)12-3-2-11-8-9-18-15(11)10-12/h2-7,10,18H,8-9H2,1H3. The van der Waals surface area contributed by atoms with Gasteiger partial charge in [-0.15, -0.1) is 0 Å². The number of carbonyl (C=O) groups is 1. The van der Waals surface area contributed by atoms with Gasteiger partial charge < -0.3 is 10.2 Å². The van der Waals surface area contributed by atoms with Crippen molar-refractivity contribution < 1.29 is 9.18 Å². The van der Waals surface area contributed by atoms with Crippen molar-refractivity contribution in [3.63, 3.8) is 0 Å². The van der Waals surface area contributed by atoms with Crippen molar-refractivity contribution in [2.24, 2.45) is 0 Å². The minimum Gasteiger partial charge on any atom is -0.384 e. The predicted octanol–water partition coefficient (Wildman–Crippen LogP) is 3.07. The minimum atomic E-state index is -0.309. The highest BCUT2D eigenvalue weighted by Gasteiger charge is 2.17. The molecule has 20 heavy (non-hydrogen) atoms. The molecule has 0 saturated carbocycles. The van der Waals surface area contributed by atoms with Crippen molar-refractivity contribution in [2.75, 3.05) is 23.8 Å². The Morgan fingerprint density at radius 1 is 1.20 bits per heavy atom. The summed E-state index contributed by atoms with van der Waals surface area (Å²) in [4.78, 5) is 14.0. The van der Waals surface area contributed by atoms with Crippen LogP contribution in [0.15, 0.2) is 42.5 Å². The number of fused-ring (bicyclic) bond motifs is 1. The summed E-state index contributed by atoms with van der Waals surface area (Å²) in [6.07, 6.45) is 0.998. The molecule has 1 N–H and O–H groups in total. The Bertz CT molecular complexity index is 652. The summed E-state index contributed by atoms with van der Waals surface area (Å²) >= 11 is 0. The van der Waals surface area contributed by atoms with Crippen LogP contribution >= 0.6 is 0 Å². The summed E-state index contributed by atoms with van der Waals surface area (Å²) in [5.74, 6) is -0.413. The Hall–Kier alpha value is -2.36. The molecule has 1 aliphatic rings. The molecule has 0 bridgehead atoms. The Kier molecular flexibility index (Phi) is 3.14. The first-order chi connectivity index (χ1) is 9.65. The number of carbonyl (C=O) groups excluding carboxylic acids is 1. The van der Waals surface area contributed by atoms with E-state index in [-0.39, 0.29) is 11.7 Å². The van der Waals surface area contributed by atoms with Crippen molar-refractivity contribution >= 4 is 17.3 Å². The van der Waals surface area contributed by atoms with Crippen molar-refractivity contribution in [3.05, 3.63) is 59.4 Å². The second-order valence-electron chi connectivity index (χ2n) is 4.89. The summed E-state index contributed by atoms with van der Waals surface area (Å²) in [5, 5.41) is 3.26. The van der Waals surface area contributed by atoms with Gasteiger partial charge in [-0.1, -0.05) is 6.07 Å². The number of anilines is 2. The number of rotatable bonds is 2. The first-order valence-corrected chi connectivity index (χ1v) is 6.55. The molecule has 3 nitrogen and oxygen atoms in total. The number of hydrogen-bond donors (Lipinski definition) is 1. The SMILES string of the molecule is CN(C(=O)c1ccc2c(c1)NCC2)c1ccc(F)cc1. The molecule has 102 valence electrons. The highest BCUT2D eigenvalue weighted by atomic mass is 19.1. The smallest absolute Gasteiger partial charge is 0.258 e. The molecule has 0 unspecified atom stereocenters. The highest BCUT2D eigenvalue weighted by Crippen LogP contribution is 2.24. The lowest BCUT2D eigenvalue weighted by molar-refractivity contribution is 0.0993. The van der Waals surface area contributed by atoms with Gasteiger partial charge in [-0.2, -0.15) is 0 Å². The van der Waals surface area contributed by atoms with Gasteiger partial charge in [0.05, 0.1) is 0 Å². The maximum atomic E-state index is 12.9. The number of amides is 1. The van der Waals surface area contributed by atoms with Crippen LogP contribution in [0.1, 0.15) is 15.9 Å². The third-order valence-electron chi connectivity index (χ3n) is 3.59. The summed E-state index contributed by atoms with van der Waals surface area (Å²) < 4.78 is 12.9. The zero-order valence-electron chi connectivity index (χ0n) is 11.2. The molecule has 2 aromatic carbocycles. The fraction of sp³-hybridized carbons (Fsp3) is 0.188. The average Bonchev–Trinajstić information content (AvgIpc) is 2.94. The van der Waals surface area contributed by atoms with Gasteiger partial charge >= 0.3 is 0 Å². The topological polar surface area (TPSA) is 32.3 Å². The van der Waals surface area contributed by atoms with Crippen molar-refractivity contribution in [2.45, 2.75) is 6.42 Å². The van der Waals surface area contributed by atoms with E-state index < -0.39 is 0 Å². The van der Waals surface area contributed by atoms with Crippen LogP contribution in [-0.2, 0) is 6.42 Å². The van der Waals surface area contributed by atoms with Gasteiger partial charge in [0.15, 0.2) is 0 Å².